The van der Waals surface area contributed by atoms with Crippen LogP contribution in [0.2, 0.25) is 0 Å². The molecule has 1 aromatic heterocycles. The van der Waals surface area contributed by atoms with Crippen LogP contribution < -0.4 is 5.73 Å². The molecule has 2 N–H and O–H groups in total. The van der Waals surface area contributed by atoms with Crippen molar-refractivity contribution < 1.29 is 0 Å². The van der Waals surface area contributed by atoms with E-state index in [-0.39, 0.29) is 6.04 Å². The Balaban J connectivity index is 1.67. The maximum Gasteiger partial charge on any atom is 0.0731 e. The zero-order chi connectivity index (χ0) is 13.2. The van der Waals surface area contributed by atoms with Gasteiger partial charge >= 0.3 is 0 Å². The lowest BCUT2D eigenvalue weighted by molar-refractivity contribution is -0.0672. The molecule has 5 rings (SSSR count). The minimum Gasteiger partial charge on any atom is -0.323 e. The fourth-order valence-corrected chi connectivity index (χ4v) is 7.21. The van der Waals surface area contributed by atoms with E-state index < -0.39 is 0 Å². The Kier molecular flexibility index (Phi) is 2.92. The third-order valence-corrected chi connectivity index (χ3v) is 8.15. The molecule has 0 saturated heterocycles. The highest BCUT2D eigenvalue weighted by Gasteiger charge is 2.53. The summed E-state index contributed by atoms with van der Waals surface area (Å²) >= 11 is 5.52. The fourth-order valence-electron chi connectivity index (χ4n) is 5.50. The van der Waals surface area contributed by atoms with Gasteiger partial charge < -0.3 is 5.73 Å². The Hall–Kier alpha value is 0.140. The van der Waals surface area contributed by atoms with E-state index in [0.717, 1.165) is 17.8 Å². The van der Waals surface area contributed by atoms with Crippen molar-refractivity contribution in [3.8, 4) is 0 Å². The molecular weight excluding hydrogens is 318 g/mol. The number of hydrogen-bond acceptors (Lipinski definition) is 2. The van der Waals surface area contributed by atoms with Gasteiger partial charge in [-0.25, -0.2) is 0 Å². The summed E-state index contributed by atoms with van der Waals surface area (Å²) in [5, 5.41) is 0. The van der Waals surface area contributed by atoms with Crippen LogP contribution in [-0.4, -0.2) is 0 Å². The second-order valence-electron chi connectivity index (χ2n) is 7.36. The van der Waals surface area contributed by atoms with Crippen molar-refractivity contribution >= 4 is 27.3 Å². The van der Waals surface area contributed by atoms with Crippen molar-refractivity contribution in [3.63, 3.8) is 0 Å². The van der Waals surface area contributed by atoms with Crippen molar-refractivity contribution in [2.24, 2.45) is 28.9 Å². The van der Waals surface area contributed by atoms with Crippen LogP contribution in [0.25, 0.3) is 0 Å². The average molecular weight is 340 g/mol. The molecule has 1 heterocycles. The van der Waals surface area contributed by atoms with E-state index in [4.69, 9.17) is 5.73 Å². The molecule has 0 aliphatic heterocycles. The molecule has 1 unspecified atom stereocenters. The Bertz CT molecular complexity index is 452. The van der Waals surface area contributed by atoms with Gasteiger partial charge in [0, 0.05) is 10.9 Å². The first-order valence-electron chi connectivity index (χ1n) is 7.57. The molecule has 0 spiro atoms. The van der Waals surface area contributed by atoms with Crippen LogP contribution in [0.3, 0.4) is 0 Å². The molecule has 0 amide bonds. The SMILES string of the molecule is Cc1cc(C(N)C23CC4CC(CC(C4)C2)C3)sc1Br. The van der Waals surface area contributed by atoms with Crippen LogP contribution in [0.15, 0.2) is 9.85 Å². The predicted octanol–water partition coefficient (Wildman–Crippen LogP) is 5.04. The van der Waals surface area contributed by atoms with Gasteiger partial charge in [-0.3, -0.25) is 0 Å². The van der Waals surface area contributed by atoms with Gasteiger partial charge in [-0.2, -0.15) is 0 Å². The maximum absolute atomic E-state index is 6.77. The van der Waals surface area contributed by atoms with Gasteiger partial charge in [0.2, 0.25) is 0 Å². The molecule has 4 aliphatic rings. The fraction of sp³-hybridized carbons (Fsp3) is 0.750. The quantitative estimate of drug-likeness (QED) is 0.802. The molecule has 4 aliphatic carbocycles. The molecule has 0 radical (unpaired) electrons. The maximum atomic E-state index is 6.77. The summed E-state index contributed by atoms with van der Waals surface area (Å²) in [4.78, 5) is 1.41. The lowest BCUT2D eigenvalue weighted by atomic mass is 9.47. The third kappa shape index (κ3) is 1.96. The van der Waals surface area contributed by atoms with Gasteiger partial charge in [0.05, 0.1) is 3.79 Å². The highest BCUT2D eigenvalue weighted by Crippen LogP contribution is 2.63. The van der Waals surface area contributed by atoms with E-state index in [1.54, 1.807) is 0 Å². The summed E-state index contributed by atoms with van der Waals surface area (Å²) in [7, 11) is 0. The van der Waals surface area contributed by atoms with Crippen molar-refractivity contribution in [1.82, 2.24) is 0 Å². The van der Waals surface area contributed by atoms with Crippen LogP contribution in [0, 0.1) is 30.1 Å². The van der Waals surface area contributed by atoms with E-state index >= 15 is 0 Å². The van der Waals surface area contributed by atoms with Crippen molar-refractivity contribution in [3.05, 3.63) is 20.3 Å². The summed E-state index contributed by atoms with van der Waals surface area (Å²) < 4.78 is 1.27. The summed E-state index contributed by atoms with van der Waals surface area (Å²) in [5.74, 6) is 2.96. The molecule has 1 aromatic rings. The van der Waals surface area contributed by atoms with Gasteiger partial charge in [-0.15, -0.1) is 11.3 Å². The first kappa shape index (κ1) is 12.8. The molecule has 4 fully saturated rings. The van der Waals surface area contributed by atoms with E-state index in [2.05, 4.69) is 28.9 Å². The van der Waals surface area contributed by atoms with Gasteiger partial charge in [-0.05, 0) is 96.2 Å². The number of hydrogen-bond donors (Lipinski definition) is 1. The second-order valence-corrected chi connectivity index (χ2v) is 9.76. The van der Waals surface area contributed by atoms with Crippen molar-refractivity contribution in [1.29, 1.82) is 0 Å². The highest BCUT2D eigenvalue weighted by atomic mass is 79.9. The summed E-state index contributed by atoms with van der Waals surface area (Å²) in [5.41, 5.74) is 8.55. The van der Waals surface area contributed by atoms with Gasteiger partial charge in [0.25, 0.3) is 0 Å². The molecular formula is C16H22BrNS. The monoisotopic (exact) mass is 339 g/mol. The first-order valence-corrected chi connectivity index (χ1v) is 9.18. The number of halogens is 1. The third-order valence-electron chi connectivity index (χ3n) is 5.93. The highest BCUT2D eigenvalue weighted by molar-refractivity contribution is 9.11. The molecule has 19 heavy (non-hydrogen) atoms. The van der Waals surface area contributed by atoms with Crippen LogP contribution >= 0.6 is 27.3 Å². The zero-order valence-corrected chi connectivity index (χ0v) is 13.9. The summed E-state index contributed by atoms with van der Waals surface area (Å²) in [6.45, 7) is 2.18. The molecule has 3 heteroatoms. The zero-order valence-electron chi connectivity index (χ0n) is 11.5. The first-order chi connectivity index (χ1) is 9.06. The number of rotatable bonds is 2. The lowest BCUT2D eigenvalue weighted by Gasteiger charge is -2.58. The van der Waals surface area contributed by atoms with Crippen LogP contribution in [0.4, 0.5) is 0 Å². The normalized spacial score (nSPS) is 41.7. The minimum absolute atomic E-state index is 0.274. The van der Waals surface area contributed by atoms with E-state index in [9.17, 15) is 0 Å². The standard InChI is InChI=1S/C16H22BrNS/c1-9-2-13(19-15(9)17)14(18)16-6-10-3-11(7-16)5-12(4-10)8-16/h2,10-12,14H,3-8,18H2,1H3. The van der Waals surface area contributed by atoms with Crippen LogP contribution in [0.5, 0.6) is 0 Å². The van der Waals surface area contributed by atoms with Crippen molar-refractivity contribution in [2.75, 3.05) is 0 Å². The Labute approximate surface area is 128 Å². The molecule has 4 saturated carbocycles. The Morgan fingerprint density at radius 1 is 1.21 bits per heavy atom. The lowest BCUT2D eigenvalue weighted by Crippen LogP contribution is -2.50. The number of thiophene rings is 1. The molecule has 0 aromatic carbocycles. The number of nitrogens with two attached hydrogens (primary N) is 1. The van der Waals surface area contributed by atoms with Crippen molar-refractivity contribution in [2.45, 2.75) is 51.5 Å². The van der Waals surface area contributed by atoms with Crippen LogP contribution in [0.1, 0.15) is 55.0 Å². The summed E-state index contributed by atoms with van der Waals surface area (Å²) in [6, 6.07) is 2.59. The largest absolute Gasteiger partial charge is 0.323 e. The smallest absolute Gasteiger partial charge is 0.0731 e. The van der Waals surface area contributed by atoms with Crippen LogP contribution in [-0.2, 0) is 0 Å². The minimum atomic E-state index is 0.274. The number of aryl methyl sites for hydroxylation is 1. The van der Waals surface area contributed by atoms with E-state index in [1.165, 1.54) is 52.8 Å². The predicted molar refractivity (Wildman–Crippen MR) is 84.3 cm³/mol. The summed E-state index contributed by atoms with van der Waals surface area (Å²) in [6.07, 6.45) is 8.69. The van der Waals surface area contributed by atoms with Gasteiger partial charge in [0.15, 0.2) is 0 Å². The van der Waals surface area contributed by atoms with Gasteiger partial charge in [0.1, 0.15) is 0 Å². The molecule has 1 atom stereocenters. The molecule has 104 valence electrons. The van der Waals surface area contributed by atoms with Gasteiger partial charge in [-0.1, -0.05) is 0 Å². The second kappa shape index (κ2) is 4.32. The average Bonchev–Trinajstić information content (AvgIpc) is 2.67. The molecule has 1 nitrogen and oxygen atoms in total. The van der Waals surface area contributed by atoms with E-state index in [1.807, 2.05) is 11.3 Å². The topological polar surface area (TPSA) is 26.0 Å². The molecule has 4 bridgehead atoms. The van der Waals surface area contributed by atoms with E-state index in [0.29, 0.717) is 5.41 Å². The Morgan fingerprint density at radius 3 is 2.16 bits per heavy atom. The Morgan fingerprint density at radius 2 is 1.74 bits per heavy atom.